The van der Waals surface area contributed by atoms with E-state index in [1.807, 2.05) is 0 Å². The Kier molecular flexibility index (Phi) is 1140. The average molecular weight is 427 g/mol. The largest absolute Gasteiger partial charge is 3.00 e. The quantitative estimate of drug-likeness (QED) is 0.446. The molecule has 0 nitrogen and oxygen atoms in total. The summed E-state index contributed by atoms with van der Waals surface area (Å²) in [5.74, 6) is 0. The van der Waals surface area contributed by atoms with Crippen LogP contribution < -0.4 is 0 Å². The van der Waals surface area contributed by atoms with Gasteiger partial charge in [-0.15, -0.1) is 0 Å². The van der Waals surface area contributed by atoms with Gasteiger partial charge in [-0.2, -0.15) is 0 Å². The fraction of sp³-hybridized carbons (Fsp3) is 0. The summed E-state index contributed by atoms with van der Waals surface area (Å²) in [6.45, 7) is 0. The van der Waals surface area contributed by atoms with Crippen LogP contribution in [0.5, 0.6) is 0 Å². The normalized spacial score (nSPS) is 0. The minimum atomic E-state index is 0. The summed E-state index contributed by atoms with van der Waals surface area (Å²) in [5, 5.41) is 0. The van der Waals surface area contributed by atoms with Crippen LogP contribution in [0.4, 0.5) is 0 Å². The third kappa shape index (κ3) is 74.0. The van der Waals surface area contributed by atoms with Crippen LogP contribution in [0, 0.1) is 0 Å². The molecule has 0 aromatic carbocycles. The Morgan fingerprint density at radius 3 is 0.333 bits per heavy atom. The summed E-state index contributed by atoms with van der Waals surface area (Å²) in [7, 11) is 0. The molecule has 0 heterocycles. The molecule has 0 N–H and O–H groups in total. The van der Waals surface area contributed by atoms with Gasteiger partial charge in [0.1, 0.15) is 0 Å². The fourth-order valence-electron chi connectivity index (χ4n) is 0. The molecule has 0 aromatic heterocycles. The molecule has 0 aliphatic carbocycles. The zero-order chi connectivity index (χ0) is 0. The van der Waals surface area contributed by atoms with Gasteiger partial charge in [0.2, 0.25) is 0 Å². The Morgan fingerprint density at radius 1 is 0.333 bits per heavy atom. The van der Waals surface area contributed by atoms with Crippen molar-refractivity contribution in [2.45, 2.75) is 0 Å². The van der Waals surface area contributed by atoms with Crippen LogP contribution in [0.3, 0.4) is 0 Å². The average Bonchev–Trinajstić information content (AvgIpc) is 0. The van der Waals surface area contributed by atoms with Gasteiger partial charge in [0, 0.05) is 0 Å². The van der Waals surface area contributed by atoms with Crippen LogP contribution in [0.15, 0.2) is 0 Å². The van der Waals surface area contributed by atoms with Gasteiger partial charge in [-0.3, -0.25) is 0 Å². The van der Waals surface area contributed by atoms with E-state index >= 15 is 0 Å². The van der Waals surface area contributed by atoms with Crippen molar-refractivity contribution < 1.29 is 34.1 Å². The molecular formula is Cu2Ga2S5. The summed E-state index contributed by atoms with van der Waals surface area (Å²) in [6, 6.07) is 0. The first-order valence-corrected chi connectivity index (χ1v) is 0. The summed E-state index contributed by atoms with van der Waals surface area (Å²) in [5.41, 5.74) is 0. The van der Waals surface area contributed by atoms with E-state index in [-0.39, 0.29) is 141 Å². The van der Waals surface area contributed by atoms with Crippen LogP contribution in [-0.2, 0) is 102 Å². The van der Waals surface area contributed by atoms with Crippen LogP contribution in [0.1, 0.15) is 0 Å². The van der Waals surface area contributed by atoms with E-state index in [0.29, 0.717) is 0 Å². The van der Waals surface area contributed by atoms with Crippen LogP contribution in [-0.4, -0.2) is 39.6 Å². The number of hydrogen-bond donors (Lipinski definition) is 0. The van der Waals surface area contributed by atoms with Gasteiger partial charge in [0.15, 0.2) is 0 Å². The van der Waals surface area contributed by atoms with Crippen molar-refractivity contribution in [2.24, 2.45) is 0 Å². The molecule has 0 saturated heterocycles. The molecule has 58 valence electrons. The van der Waals surface area contributed by atoms with Gasteiger partial charge in [0.05, 0.1) is 0 Å². The van der Waals surface area contributed by atoms with Crippen LogP contribution in [0.25, 0.3) is 0 Å². The van der Waals surface area contributed by atoms with Gasteiger partial charge in [-0.1, -0.05) is 0 Å². The second-order valence-electron chi connectivity index (χ2n) is 0. The maximum atomic E-state index is 0. The third-order valence-corrected chi connectivity index (χ3v) is 0. The topological polar surface area (TPSA) is 0 Å². The molecule has 0 aromatic rings. The maximum absolute atomic E-state index is 0. The monoisotopic (exact) mass is 424 g/mol. The minimum absolute atomic E-state index is 0. The zero-order valence-corrected chi connectivity index (χ0v) is 14.6. The number of rotatable bonds is 0. The molecule has 9 heteroatoms. The van der Waals surface area contributed by atoms with E-state index in [2.05, 4.69) is 0 Å². The van der Waals surface area contributed by atoms with Gasteiger partial charge in [-0.05, 0) is 0 Å². The summed E-state index contributed by atoms with van der Waals surface area (Å²) in [4.78, 5) is 0. The van der Waals surface area contributed by atoms with Gasteiger partial charge < -0.3 is 67.5 Å². The molecule has 0 aliphatic heterocycles. The van der Waals surface area contributed by atoms with E-state index in [1.165, 1.54) is 0 Å². The molecule has 0 atom stereocenters. The zero-order valence-electron chi connectivity index (χ0n) is 3.80. The molecule has 0 unspecified atom stereocenters. The third-order valence-electron chi connectivity index (χ3n) is 0. The smallest absolute Gasteiger partial charge is 2.00 e. The van der Waals surface area contributed by atoms with E-state index in [9.17, 15) is 0 Å². The first kappa shape index (κ1) is 115. The summed E-state index contributed by atoms with van der Waals surface area (Å²) >= 11 is 0. The summed E-state index contributed by atoms with van der Waals surface area (Å²) < 4.78 is 0. The van der Waals surface area contributed by atoms with Crippen molar-refractivity contribution in [2.75, 3.05) is 0 Å². The predicted molar refractivity (Wildman–Crippen MR) is 48.3 cm³/mol. The Bertz CT molecular complexity index is 12.9. The molecule has 9 heavy (non-hydrogen) atoms. The molecule has 0 spiro atoms. The Hall–Kier alpha value is 4.06. The molecule has 0 saturated carbocycles. The van der Waals surface area contributed by atoms with E-state index < -0.39 is 0 Å². The Balaban J connectivity index is 0. The van der Waals surface area contributed by atoms with E-state index in [1.54, 1.807) is 0 Å². The second kappa shape index (κ2) is 89.5. The second-order valence-corrected chi connectivity index (χ2v) is 0. The Labute approximate surface area is 139 Å². The van der Waals surface area contributed by atoms with Crippen molar-refractivity contribution in [3.63, 3.8) is 0 Å². The first-order valence-electron chi connectivity index (χ1n) is 0. The molecule has 0 fully saturated rings. The SMILES string of the molecule is [Cu+2].[Cu+2].[Ga+3].[Ga+3].[S-2].[S-2].[S-2].[S-2].[S-2]. The van der Waals surface area contributed by atoms with Crippen molar-refractivity contribution in [3.05, 3.63) is 0 Å². The molecule has 0 amide bonds. The molecule has 2 radical (unpaired) electrons. The molecule has 0 bridgehead atoms. The van der Waals surface area contributed by atoms with Gasteiger partial charge >= 0.3 is 73.7 Å². The first-order chi connectivity index (χ1) is 0. The molecule has 0 rings (SSSR count). The van der Waals surface area contributed by atoms with Crippen LogP contribution in [0.2, 0.25) is 0 Å². The Morgan fingerprint density at radius 2 is 0.333 bits per heavy atom. The molecular weight excluding hydrogens is 427 g/mol. The van der Waals surface area contributed by atoms with Gasteiger partial charge in [0.25, 0.3) is 0 Å². The fourth-order valence-corrected chi connectivity index (χ4v) is 0. The van der Waals surface area contributed by atoms with Gasteiger partial charge in [-0.25, -0.2) is 0 Å². The van der Waals surface area contributed by atoms with Crippen LogP contribution >= 0.6 is 0 Å². The molecule has 0 aliphatic rings. The maximum Gasteiger partial charge on any atom is 3.00 e. The van der Waals surface area contributed by atoms with Crippen molar-refractivity contribution in [1.82, 2.24) is 0 Å². The van der Waals surface area contributed by atoms with E-state index in [4.69, 9.17) is 0 Å². The van der Waals surface area contributed by atoms with E-state index in [0.717, 1.165) is 0 Å². The summed E-state index contributed by atoms with van der Waals surface area (Å²) in [6.07, 6.45) is 0. The minimum Gasteiger partial charge on any atom is -2.00 e. The predicted octanol–water partition coefficient (Wildman–Crippen LogP) is -0.779. The van der Waals surface area contributed by atoms with Crippen molar-refractivity contribution in [1.29, 1.82) is 0 Å². The standard InChI is InChI=1S/2Cu.2Ga.5S/q2*+2;2*+3;5*-2. The van der Waals surface area contributed by atoms with Crippen molar-refractivity contribution >= 4 is 107 Å². The van der Waals surface area contributed by atoms with Crippen molar-refractivity contribution in [3.8, 4) is 0 Å². The number of hydrogen-bond acceptors (Lipinski definition) is 0.